The summed E-state index contributed by atoms with van der Waals surface area (Å²) in [6, 6.07) is 0. The van der Waals surface area contributed by atoms with Crippen molar-refractivity contribution in [2.75, 3.05) is 46.4 Å². The summed E-state index contributed by atoms with van der Waals surface area (Å²) in [4.78, 5) is 13.3. The van der Waals surface area contributed by atoms with E-state index in [0.717, 1.165) is 26.2 Å². The number of esters is 1. The number of carbonyl (C=O) groups is 1. The number of sulfonamides is 1. The van der Waals surface area contributed by atoms with Crippen LogP contribution in [0.1, 0.15) is 6.92 Å². The summed E-state index contributed by atoms with van der Waals surface area (Å²) in [7, 11) is -2.46. The maximum absolute atomic E-state index is 11.7. The van der Waals surface area contributed by atoms with Crippen LogP contribution < -0.4 is 10.0 Å². The zero-order chi connectivity index (χ0) is 13.6. The van der Waals surface area contributed by atoms with E-state index in [4.69, 9.17) is 0 Å². The number of carbonyl (C=O) groups excluding carboxylic acids is 1. The van der Waals surface area contributed by atoms with Crippen LogP contribution in [0.5, 0.6) is 0 Å². The molecule has 1 heterocycles. The topological polar surface area (TPSA) is 87.7 Å². The van der Waals surface area contributed by atoms with Crippen LogP contribution in [-0.2, 0) is 19.6 Å². The van der Waals surface area contributed by atoms with E-state index in [-0.39, 0.29) is 0 Å². The Morgan fingerprint density at radius 2 is 2.06 bits per heavy atom. The van der Waals surface area contributed by atoms with Gasteiger partial charge in [0.1, 0.15) is 0 Å². The van der Waals surface area contributed by atoms with E-state index in [2.05, 4.69) is 19.7 Å². The molecule has 1 aliphatic rings. The van der Waals surface area contributed by atoms with Gasteiger partial charge in [-0.3, -0.25) is 9.69 Å². The summed E-state index contributed by atoms with van der Waals surface area (Å²) in [6.45, 7) is 5.94. The predicted molar refractivity (Wildman–Crippen MR) is 67.7 cm³/mol. The standard InChI is InChI=1S/C10H21N3O4S/c1-9(10(14)17-2)18(15,16)12-5-8-13-6-3-11-4-7-13/h9,11-12H,3-8H2,1-2H3. The van der Waals surface area contributed by atoms with Gasteiger partial charge in [0.25, 0.3) is 0 Å². The molecule has 7 nitrogen and oxygen atoms in total. The Kier molecular flexibility index (Phi) is 6.00. The largest absolute Gasteiger partial charge is 0.468 e. The molecule has 0 aliphatic carbocycles. The van der Waals surface area contributed by atoms with Gasteiger partial charge in [0.2, 0.25) is 10.0 Å². The van der Waals surface area contributed by atoms with Crippen LogP contribution in [-0.4, -0.2) is 70.9 Å². The summed E-state index contributed by atoms with van der Waals surface area (Å²) < 4.78 is 30.3. The Morgan fingerprint density at radius 3 is 2.61 bits per heavy atom. The quantitative estimate of drug-likeness (QED) is 0.568. The highest BCUT2D eigenvalue weighted by Crippen LogP contribution is 2.00. The highest BCUT2D eigenvalue weighted by molar-refractivity contribution is 7.90. The van der Waals surface area contributed by atoms with Crippen molar-refractivity contribution in [3.8, 4) is 0 Å². The van der Waals surface area contributed by atoms with Gasteiger partial charge in [0.15, 0.2) is 5.25 Å². The lowest BCUT2D eigenvalue weighted by Gasteiger charge is -2.27. The van der Waals surface area contributed by atoms with Gasteiger partial charge in [-0.2, -0.15) is 0 Å². The molecule has 0 amide bonds. The van der Waals surface area contributed by atoms with E-state index >= 15 is 0 Å². The summed E-state index contributed by atoms with van der Waals surface area (Å²) in [5.74, 6) is -0.746. The SMILES string of the molecule is COC(=O)C(C)S(=O)(=O)NCCN1CCNCC1. The molecule has 1 aliphatic heterocycles. The minimum Gasteiger partial charge on any atom is -0.468 e. The number of ether oxygens (including phenoxy) is 1. The zero-order valence-corrected chi connectivity index (χ0v) is 11.6. The number of piperazine rings is 1. The Morgan fingerprint density at radius 1 is 1.44 bits per heavy atom. The molecule has 0 aromatic heterocycles. The maximum Gasteiger partial charge on any atom is 0.325 e. The first-order chi connectivity index (χ1) is 8.47. The Labute approximate surface area is 108 Å². The summed E-state index contributed by atoms with van der Waals surface area (Å²) in [6.07, 6.45) is 0. The normalized spacial score (nSPS) is 19.4. The van der Waals surface area contributed by atoms with Crippen molar-refractivity contribution in [3.05, 3.63) is 0 Å². The fraction of sp³-hybridized carbons (Fsp3) is 0.900. The highest BCUT2D eigenvalue weighted by Gasteiger charge is 2.28. The number of nitrogens with zero attached hydrogens (tertiary/aromatic N) is 1. The van der Waals surface area contributed by atoms with E-state index in [1.807, 2.05) is 0 Å². The monoisotopic (exact) mass is 279 g/mol. The van der Waals surface area contributed by atoms with Gasteiger partial charge in [-0.05, 0) is 6.92 Å². The number of hydrogen-bond donors (Lipinski definition) is 2. The fourth-order valence-electron chi connectivity index (χ4n) is 1.70. The first-order valence-electron chi connectivity index (χ1n) is 5.97. The van der Waals surface area contributed by atoms with Crippen molar-refractivity contribution in [2.24, 2.45) is 0 Å². The molecule has 1 saturated heterocycles. The molecule has 2 N–H and O–H groups in total. The molecule has 106 valence electrons. The average molecular weight is 279 g/mol. The van der Waals surface area contributed by atoms with Gasteiger partial charge in [-0.25, -0.2) is 13.1 Å². The molecule has 1 rings (SSSR count). The molecule has 1 unspecified atom stereocenters. The first-order valence-corrected chi connectivity index (χ1v) is 7.51. The third-order valence-corrected chi connectivity index (χ3v) is 4.67. The van der Waals surface area contributed by atoms with Crippen molar-refractivity contribution in [2.45, 2.75) is 12.2 Å². The van der Waals surface area contributed by atoms with Crippen LogP contribution in [0.25, 0.3) is 0 Å². The summed E-state index contributed by atoms with van der Waals surface area (Å²) in [5.41, 5.74) is 0. The lowest BCUT2D eigenvalue weighted by atomic mass is 10.3. The molecule has 18 heavy (non-hydrogen) atoms. The van der Waals surface area contributed by atoms with Gasteiger partial charge >= 0.3 is 5.97 Å². The summed E-state index contributed by atoms with van der Waals surface area (Å²) in [5, 5.41) is 2.05. The molecule has 1 atom stereocenters. The minimum atomic E-state index is -3.64. The third-order valence-electron chi connectivity index (χ3n) is 2.94. The van der Waals surface area contributed by atoms with E-state index in [1.165, 1.54) is 14.0 Å². The van der Waals surface area contributed by atoms with Crippen LogP contribution in [0.15, 0.2) is 0 Å². The number of rotatable bonds is 6. The number of nitrogens with one attached hydrogen (secondary N) is 2. The molecule has 1 fully saturated rings. The van der Waals surface area contributed by atoms with Crippen LogP contribution in [0.2, 0.25) is 0 Å². The predicted octanol–water partition coefficient (Wildman–Crippen LogP) is -1.63. The van der Waals surface area contributed by atoms with Crippen molar-refractivity contribution >= 4 is 16.0 Å². The van der Waals surface area contributed by atoms with Gasteiger partial charge in [-0.15, -0.1) is 0 Å². The van der Waals surface area contributed by atoms with E-state index in [1.54, 1.807) is 0 Å². The van der Waals surface area contributed by atoms with Crippen LogP contribution in [0, 0.1) is 0 Å². The van der Waals surface area contributed by atoms with Gasteiger partial charge < -0.3 is 10.1 Å². The lowest BCUT2D eigenvalue weighted by Crippen LogP contribution is -2.47. The average Bonchev–Trinajstić information content (AvgIpc) is 2.38. The molecular formula is C10H21N3O4S. The van der Waals surface area contributed by atoms with Gasteiger partial charge in [0, 0.05) is 39.3 Å². The number of hydrogen-bond acceptors (Lipinski definition) is 6. The second-order valence-electron chi connectivity index (χ2n) is 4.20. The third kappa shape index (κ3) is 4.52. The molecule has 0 radical (unpaired) electrons. The molecule has 8 heteroatoms. The molecular weight excluding hydrogens is 258 g/mol. The lowest BCUT2D eigenvalue weighted by molar-refractivity contribution is -0.139. The van der Waals surface area contributed by atoms with Gasteiger partial charge in [0.05, 0.1) is 7.11 Å². The highest BCUT2D eigenvalue weighted by atomic mass is 32.2. The minimum absolute atomic E-state index is 0.309. The molecule has 0 spiro atoms. The van der Waals surface area contributed by atoms with Crippen LogP contribution >= 0.6 is 0 Å². The first kappa shape index (κ1) is 15.4. The molecule has 0 bridgehead atoms. The molecule has 0 aromatic rings. The fourth-order valence-corrected chi connectivity index (χ4v) is 2.67. The van der Waals surface area contributed by atoms with Crippen molar-refractivity contribution in [1.29, 1.82) is 0 Å². The van der Waals surface area contributed by atoms with E-state index in [9.17, 15) is 13.2 Å². The Hall–Kier alpha value is -0.700. The smallest absolute Gasteiger partial charge is 0.325 e. The molecule has 0 aromatic carbocycles. The van der Waals surface area contributed by atoms with Crippen molar-refractivity contribution in [3.63, 3.8) is 0 Å². The Balaban J connectivity index is 2.34. The van der Waals surface area contributed by atoms with Gasteiger partial charge in [-0.1, -0.05) is 0 Å². The van der Waals surface area contributed by atoms with E-state index < -0.39 is 21.2 Å². The number of methoxy groups -OCH3 is 1. The van der Waals surface area contributed by atoms with E-state index in [0.29, 0.717) is 13.1 Å². The second-order valence-corrected chi connectivity index (χ2v) is 6.28. The Bertz CT molecular complexity index is 365. The van der Waals surface area contributed by atoms with Crippen molar-refractivity contribution in [1.82, 2.24) is 14.9 Å². The van der Waals surface area contributed by atoms with Crippen LogP contribution in [0.3, 0.4) is 0 Å². The summed E-state index contributed by atoms with van der Waals surface area (Å²) >= 11 is 0. The second kappa shape index (κ2) is 7.03. The van der Waals surface area contributed by atoms with Crippen molar-refractivity contribution < 1.29 is 17.9 Å². The maximum atomic E-state index is 11.7. The van der Waals surface area contributed by atoms with Crippen LogP contribution in [0.4, 0.5) is 0 Å². The molecule has 0 saturated carbocycles. The zero-order valence-electron chi connectivity index (χ0n) is 10.8.